The second kappa shape index (κ2) is 8.47. The average Bonchev–Trinajstić information content (AvgIpc) is 3.15. The standard InChI is InChI=1S/C21H19ClFN3O2S/c22-14-5-6-18-17(11-14)25-21(29-18)13-7-9-26(10-8-13)19(27)12-24-20(28)15-3-1-2-4-16(15)23/h1-6,11,13H,7-10,12H2,(H,24,28). The van der Waals surface area contributed by atoms with Crippen LogP contribution in [-0.2, 0) is 4.79 Å². The molecule has 2 amide bonds. The van der Waals surface area contributed by atoms with Crippen molar-refractivity contribution < 1.29 is 14.0 Å². The van der Waals surface area contributed by atoms with Crippen molar-refractivity contribution in [3.05, 3.63) is 63.9 Å². The van der Waals surface area contributed by atoms with Crippen LogP contribution < -0.4 is 5.32 Å². The van der Waals surface area contributed by atoms with Gasteiger partial charge in [-0.1, -0.05) is 23.7 Å². The van der Waals surface area contributed by atoms with Crippen LogP contribution >= 0.6 is 22.9 Å². The molecule has 5 nitrogen and oxygen atoms in total. The first-order valence-corrected chi connectivity index (χ1v) is 10.6. The Balaban J connectivity index is 1.31. The van der Waals surface area contributed by atoms with Crippen LogP contribution in [0.5, 0.6) is 0 Å². The summed E-state index contributed by atoms with van der Waals surface area (Å²) in [6, 6.07) is 11.4. The maximum Gasteiger partial charge on any atom is 0.254 e. The van der Waals surface area contributed by atoms with Crippen LogP contribution in [0.3, 0.4) is 0 Å². The Hall–Kier alpha value is -2.51. The summed E-state index contributed by atoms with van der Waals surface area (Å²) in [6.07, 6.45) is 1.64. The molecule has 1 aromatic heterocycles. The number of thiazole rings is 1. The molecule has 1 fully saturated rings. The van der Waals surface area contributed by atoms with Crippen LogP contribution in [0.2, 0.25) is 5.02 Å². The van der Waals surface area contributed by atoms with Crippen molar-refractivity contribution in [2.45, 2.75) is 18.8 Å². The van der Waals surface area contributed by atoms with E-state index in [4.69, 9.17) is 16.6 Å². The van der Waals surface area contributed by atoms with E-state index in [0.717, 1.165) is 28.1 Å². The number of aromatic nitrogens is 1. The average molecular weight is 432 g/mol. The number of carbonyl (C=O) groups excluding carboxylic acids is 2. The van der Waals surface area contributed by atoms with Gasteiger partial charge in [-0.2, -0.15) is 0 Å². The summed E-state index contributed by atoms with van der Waals surface area (Å²) >= 11 is 7.71. The van der Waals surface area contributed by atoms with E-state index in [1.54, 1.807) is 22.3 Å². The number of halogens is 2. The lowest BCUT2D eigenvalue weighted by Crippen LogP contribution is -2.43. The number of likely N-dealkylation sites (tertiary alicyclic amines) is 1. The molecule has 2 heterocycles. The number of benzene rings is 2. The number of nitrogens with one attached hydrogen (secondary N) is 1. The first kappa shape index (κ1) is 19.8. The molecule has 29 heavy (non-hydrogen) atoms. The third kappa shape index (κ3) is 4.41. The van der Waals surface area contributed by atoms with E-state index < -0.39 is 11.7 Å². The maximum absolute atomic E-state index is 13.7. The van der Waals surface area contributed by atoms with E-state index in [2.05, 4.69) is 5.32 Å². The van der Waals surface area contributed by atoms with Crippen LogP contribution in [0.15, 0.2) is 42.5 Å². The van der Waals surface area contributed by atoms with E-state index in [1.165, 1.54) is 18.2 Å². The van der Waals surface area contributed by atoms with E-state index in [-0.39, 0.29) is 18.0 Å². The molecule has 0 saturated carbocycles. The summed E-state index contributed by atoms with van der Waals surface area (Å²) < 4.78 is 14.8. The number of rotatable bonds is 4. The van der Waals surface area contributed by atoms with Crippen molar-refractivity contribution in [2.24, 2.45) is 0 Å². The fourth-order valence-corrected chi connectivity index (χ4v) is 4.76. The van der Waals surface area contributed by atoms with Crippen molar-refractivity contribution >= 4 is 45.0 Å². The fraction of sp³-hybridized carbons (Fsp3) is 0.286. The van der Waals surface area contributed by atoms with Gasteiger partial charge in [-0.15, -0.1) is 11.3 Å². The highest BCUT2D eigenvalue weighted by atomic mass is 35.5. The molecular formula is C21H19ClFN3O2S. The van der Waals surface area contributed by atoms with Crippen LogP contribution in [0, 0.1) is 5.82 Å². The minimum atomic E-state index is -0.601. The Kier molecular flexibility index (Phi) is 5.78. The SMILES string of the molecule is O=C(NCC(=O)N1CCC(c2nc3cc(Cl)ccc3s2)CC1)c1ccccc1F. The number of amides is 2. The van der Waals surface area contributed by atoms with Gasteiger partial charge in [0.25, 0.3) is 5.91 Å². The van der Waals surface area contributed by atoms with Gasteiger partial charge in [-0.25, -0.2) is 9.37 Å². The lowest BCUT2D eigenvalue weighted by molar-refractivity contribution is -0.131. The third-order valence-corrected chi connectivity index (χ3v) is 6.52. The number of piperidine rings is 1. The summed E-state index contributed by atoms with van der Waals surface area (Å²) in [5.74, 6) is -1.04. The van der Waals surface area contributed by atoms with Crippen LogP contribution in [-0.4, -0.2) is 41.3 Å². The van der Waals surface area contributed by atoms with Gasteiger partial charge in [0.05, 0.1) is 27.3 Å². The first-order valence-electron chi connectivity index (χ1n) is 9.38. The van der Waals surface area contributed by atoms with Crippen molar-refractivity contribution in [2.75, 3.05) is 19.6 Å². The Bertz CT molecular complexity index is 1060. The smallest absolute Gasteiger partial charge is 0.254 e. The minimum absolute atomic E-state index is 0.0602. The Labute approximate surface area is 176 Å². The van der Waals surface area contributed by atoms with Gasteiger partial charge >= 0.3 is 0 Å². The molecule has 0 spiro atoms. The fourth-order valence-electron chi connectivity index (χ4n) is 3.48. The molecule has 150 valence electrons. The van der Waals surface area contributed by atoms with Crippen LogP contribution in [0.25, 0.3) is 10.2 Å². The summed E-state index contributed by atoms with van der Waals surface area (Å²) in [7, 11) is 0. The van der Waals surface area contributed by atoms with Gasteiger partial charge in [0.2, 0.25) is 5.91 Å². The number of nitrogens with zero attached hydrogens (tertiary/aromatic N) is 2. The van der Waals surface area contributed by atoms with Crippen LogP contribution in [0.1, 0.15) is 34.1 Å². The highest BCUT2D eigenvalue weighted by molar-refractivity contribution is 7.18. The molecule has 4 rings (SSSR count). The lowest BCUT2D eigenvalue weighted by Gasteiger charge is -2.31. The maximum atomic E-state index is 13.7. The molecule has 0 aliphatic carbocycles. The van der Waals surface area contributed by atoms with Crippen molar-refractivity contribution in [3.63, 3.8) is 0 Å². The molecule has 0 atom stereocenters. The summed E-state index contributed by atoms with van der Waals surface area (Å²) in [5, 5.41) is 4.25. The molecule has 0 unspecified atom stereocenters. The molecule has 1 aliphatic heterocycles. The number of hydrogen-bond acceptors (Lipinski definition) is 4. The first-order chi connectivity index (χ1) is 14.0. The highest BCUT2D eigenvalue weighted by Crippen LogP contribution is 2.34. The molecule has 8 heteroatoms. The van der Waals surface area contributed by atoms with Crippen molar-refractivity contribution in [3.8, 4) is 0 Å². The zero-order valence-electron chi connectivity index (χ0n) is 15.5. The normalized spacial score (nSPS) is 14.9. The lowest BCUT2D eigenvalue weighted by atomic mass is 9.97. The molecule has 0 bridgehead atoms. The molecule has 3 aromatic rings. The van der Waals surface area contributed by atoms with E-state index in [9.17, 15) is 14.0 Å². The predicted octanol–water partition coefficient (Wildman–Crippen LogP) is 4.22. The van der Waals surface area contributed by atoms with Crippen molar-refractivity contribution in [1.82, 2.24) is 15.2 Å². The quantitative estimate of drug-likeness (QED) is 0.672. The number of carbonyl (C=O) groups is 2. The summed E-state index contributed by atoms with van der Waals surface area (Å²) in [4.78, 5) is 30.9. The van der Waals surface area contributed by atoms with Crippen molar-refractivity contribution in [1.29, 1.82) is 0 Å². The van der Waals surface area contributed by atoms with Gasteiger partial charge in [-0.3, -0.25) is 9.59 Å². The predicted molar refractivity (Wildman–Crippen MR) is 112 cm³/mol. The molecule has 1 saturated heterocycles. The van der Waals surface area contributed by atoms with E-state index >= 15 is 0 Å². The Morgan fingerprint density at radius 1 is 1.21 bits per heavy atom. The number of hydrogen-bond donors (Lipinski definition) is 1. The van der Waals surface area contributed by atoms with Gasteiger partial charge in [0.15, 0.2) is 0 Å². The second-order valence-corrected chi connectivity index (χ2v) is 8.48. The molecule has 2 aromatic carbocycles. The minimum Gasteiger partial charge on any atom is -0.343 e. The van der Waals surface area contributed by atoms with Gasteiger partial charge in [0, 0.05) is 24.0 Å². The number of fused-ring (bicyclic) bond motifs is 1. The van der Waals surface area contributed by atoms with Gasteiger partial charge in [0.1, 0.15) is 5.82 Å². The molecule has 1 aliphatic rings. The summed E-state index contributed by atoms with van der Waals surface area (Å²) in [5.41, 5.74) is 0.849. The Morgan fingerprint density at radius 3 is 2.72 bits per heavy atom. The Morgan fingerprint density at radius 2 is 1.97 bits per heavy atom. The molecule has 0 radical (unpaired) electrons. The van der Waals surface area contributed by atoms with Crippen LogP contribution in [0.4, 0.5) is 4.39 Å². The van der Waals surface area contributed by atoms with E-state index in [1.807, 2.05) is 18.2 Å². The largest absolute Gasteiger partial charge is 0.343 e. The molecule has 1 N–H and O–H groups in total. The molecular weight excluding hydrogens is 413 g/mol. The zero-order chi connectivity index (χ0) is 20.4. The second-order valence-electron chi connectivity index (χ2n) is 6.98. The summed E-state index contributed by atoms with van der Waals surface area (Å²) in [6.45, 7) is 1.07. The van der Waals surface area contributed by atoms with E-state index in [0.29, 0.717) is 24.0 Å². The third-order valence-electron chi connectivity index (χ3n) is 5.08. The van der Waals surface area contributed by atoms with Gasteiger partial charge < -0.3 is 10.2 Å². The zero-order valence-corrected chi connectivity index (χ0v) is 17.1. The van der Waals surface area contributed by atoms with Gasteiger partial charge in [-0.05, 0) is 43.2 Å². The highest BCUT2D eigenvalue weighted by Gasteiger charge is 2.26. The topological polar surface area (TPSA) is 62.3 Å². The monoisotopic (exact) mass is 431 g/mol.